The number of carboxylic acid groups (broad SMARTS) is 1. The van der Waals surface area contributed by atoms with Gasteiger partial charge in [-0.1, -0.05) is 12.1 Å². The summed E-state index contributed by atoms with van der Waals surface area (Å²) in [6.07, 6.45) is 3.07. The molecule has 4 heterocycles. The summed E-state index contributed by atoms with van der Waals surface area (Å²) in [4.78, 5) is 16.5. The molecule has 208 valence electrons. The smallest absolute Gasteiger partial charge is 0.303 e. The summed E-state index contributed by atoms with van der Waals surface area (Å²) >= 11 is 0. The van der Waals surface area contributed by atoms with Crippen molar-refractivity contribution in [2.45, 2.75) is 38.0 Å². The Morgan fingerprint density at radius 3 is 2.78 bits per heavy atom. The third kappa shape index (κ3) is 5.94. The van der Waals surface area contributed by atoms with Crippen LogP contribution in [0.5, 0.6) is 17.4 Å². The number of hydrogen-bond donors (Lipinski definition) is 2. The summed E-state index contributed by atoms with van der Waals surface area (Å²) in [6.45, 7) is 1.46. The van der Waals surface area contributed by atoms with E-state index < -0.39 is 5.97 Å². The van der Waals surface area contributed by atoms with E-state index in [9.17, 15) is 15.2 Å². The van der Waals surface area contributed by atoms with E-state index >= 15 is 0 Å². The van der Waals surface area contributed by atoms with Gasteiger partial charge in [-0.25, -0.2) is 9.67 Å². The summed E-state index contributed by atoms with van der Waals surface area (Å²) in [5.41, 5.74) is 4.97. The van der Waals surface area contributed by atoms with Crippen LogP contribution in [0.25, 0.3) is 5.69 Å². The van der Waals surface area contributed by atoms with Gasteiger partial charge in [0.1, 0.15) is 5.82 Å². The fourth-order valence-corrected chi connectivity index (χ4v) is 5.18. The number of hydrogen-bond acceptors (Lipinski definition) is 8. The zero-order chi connectivity index (χ0) is 28.2. The topological polar surface area (TPSA) is 132 Å². The number of pyridine rings is 1. The molecule has 10 heteroatoms. The summed E-state index contributed by atoms with van der Waals surface area (Å²) < 4.78 is 18.8. The van der Waals surface area contributed by atoms with Crippen molar-refractivity contribution in [3.8, 4) is 29.1 Å². The van der Waals surface area contributed by atoms with Crippen LogP contribution in [0.1, 0.15) is 46.8 Å². The van der Waals surface area contributed by atoms with Crippen LogP contribution in [0.3, 0.4) is 0 Å². The van der Waals surface area contributed by atoms with Crippen molar-refractivity contribution in [1.82, 2.24) is 14.8 Å². The first kappa shape index (κ1) is 26.2. The summed E-state index contributed by atoms with van der Waals surface area (Å²) in [6, 6.07) is 20.7. The van der Waals surface area contributed by atoms with Crippen LogP contribution in [0.15, 0.2) is 60.7 Å². The quantitative estimate of drug-likeness (QED) is 0.289. The van der Waals surface area contributed by atoms with Gasteiger partial charge in [-0.2, -0.15) is 10.4 Å². The first-order valence-corrected chi connectivity index (χ1v) is 13.6. The lowest BCUT2D eigenvalue weighted by molar-refractivity contribution is -0.137. The predicted octanol–water partition coefficient (Wildman–Crippen LogP) is 4.65. The Labute approximate surface area is 237 Å². The molecule has 1 atom stereocenters. The van der Waals surface area contributed by atoms with E-state index in [-0.39, 0.29) is 19.1 Å². The second-order valence-corrected chi connectivity index (χ2v) is 10.1. The molecule has 1 unspecified atom stereocenters. The molecule has 2 aliphatic heterocycles. The highest BCUT2D eigenvalue weighted by Crippen LogP contribution is 2.37. The molecule has 2 aromatic heterocycles. The van der Waals surface area contributed by atoms with Gasteiger partial charge in [0, 0.05) is 30.6 Å². The van der Waals surface area contributed by atoms with E-state index in [1.165, 1.54) is 5.56 Å². The summed E-state index contributed by atoms with van der Waals surface area (Å²) in [5, 5.41) is 27.0. The first-order chi connectivity index (χ1) is 20.1. The molecular weight excluding hydrogens is 522 g/mol. The van der Waals surface area contributed by atoms with Gasteiger partial charge in [0.05, 0.1) is 36.0 Å². The van der Waals surface area contributed by atoms with E-state index in [2.05, 4.69) is 17.5 Å². The number of aryl methyl sites for hydroxylation is 1. The van der Waals surface area contributed by atoms with Crippen molar-refractivity contribution in [2.24, 2.45) is 0 Å². The van der Waals surface area contributed by atoms with Crippen LogP contribution in [-0.4, -0.2) is 45.8 Å². The Morgan fingerprint density at radius 1 is 1.10 bits per heavy atom. The molecular formula is C31H29N5O5. The van der Waals surface area contributed by atoms with Crippen molar-refractivity contribution in [1.29, 1.82) is 5.26 Å². The normalized spacial score (nSPS) is 14.0. The Bertz CT molecular complexity index is 1610. The lowest BCUT2D eigenvalue weighted by atomic mass is 9.91. The number of anilines is 1. The Balaban J connectivity index is 1.24. The number of aromatic nitrogens is 3. The zero-order valence-corrected chi connectivity index (χ0v) is 22.4. The van der Waals surface area contributed by atoms with Crippen molar-refractivity contribution in [2.75, 3.05) is 25.3 Å². The Morgan fingerprint density at radius 2 is 1.95 bits per heavy atom. The maximum absolute atomic E-state index is 11.8. The lowest BCUT2D eigenvalue weighted by Gasteiger charge is -2.17. The maximum atomic E-state index is 11.8. The monoisotopic (exact) mass is 551 g/mol. The third-order valence-electron chi connectivity index (χ3n) is 7.27. The minimum Gasteiger partial charge on any atom is -0.481 e. The van der Waals surface area contributed by atoms with Crippen LogP contribution < -0.4 is 19.5 Å². The second-order valence-electron chi connectivity index (χ2n) is 10.1. The number of nitrogens with one attached hydrogen (secondary N) is 1. The number of ether oxygens (including phenoxy) is 3. The molecule has 2 aromatic carbocycles. The van der Waals surface area contributed by atoms with E-state index in [0.29, 0.717) is 48.1 Å². The SMILES string of the molecule is N#Cc1ccc(-n2nc(CC(CC(=O)O)c3ccc4c(c3)OCO4)cc2OCCc2ccc3c(n2)NCCC3)cc1. The van der Waals surface area contributed by atoms with Crippen LogP contribution in [0, 0.1) is 11.3 Å². The van der Waals surface area contributed by atoms with Crippen molar-refractivity contribution in [3.63, 3.8) is 0 Å². The number of nitriles is 1. The molecule has 0 bridgehead atoms. The van der Waals surface area contributed by atoms with Gasteiger partial charge >= 0.3 is 5.97 Å². The average Bonchev–Trinajstić information content (AvgIpc) is 3.63. The molecule has 0 saturated carbocycles. The van der Waals surface area contributed by atoms with Crippen LogP contribution >= 0.6 is 0 Å². The minimum atomic E-state index is -0.900. The highest BCUT2D eigenvalue weighted by Gasteiger charge is 2.23. The molecule has 2 N–H and O–H groups in total. The molecule has 41 heavy (non-hydrogen) atoms. The lowest BCUT2D eigenvalue weighted by Crippen LogP contribution is -2.14. The molecule has 4 aromatic rings. The Hall–Kier alpha value is -5.04. The largest absolute Gasteiger partial charge is 0.481 e. The minimum absolute atomic E-state index is 0.0718. The van der Waals surface area contributed by atoms with Gasteiger partial charge in [0.25, 0.3) is 0 Å². The van der Waals surface area contributed by atoms with Gasteiger partial charge in [-0.05, 0) is 72.9 Å². The van der Waals surface area contributed by atoms with Gasteiger partial charge < -0.3 is 24.6 Å². The molecule has 6 rings (SSSR count). The van der Waals surface area contributed by atoms with E-state index in [1.54, 1.807) is 22.9 Å². The highest BCUT2D eigenvalue weighted by molar-refractivity contribution is 5.68. The molecule has 0 spiro atoms. The van der Waals surface area contributed by atoms with Gasteiger partial charge in [0.15, 0.2) is 11.5 Å². The number of benzene rings is 2. The number of rotatable bonds is 10. The molecule has 0 amide bonds. The van der Waals surface area contributed by atoms with E-state index in [0.717, 1.165) is 42.1 Å². The number of fused-ring (bicyclic) bond motifs is 2. The van der Waals surface area contributed by atoms with Crippen LogP contribution in [0.4, 0.5) is 5.82 Å². The van der Waals surface area contributed by atoms with Crippen LogP contribution in [-0.2, 0) is 24.1 Å². The number of carboxylic acids is 1. The van der Waals surface area contributed by atoms with Crippen LogP contribution in [0.2, 0.25) is 0 Å². The van der Waals surface area contributed by atoms with E-state index in [1.807, 2.05) is 36.4 Å². The number of carbonyl (C=O) groups is 1. The van der Waals surface area contributed by atoms with Crippen molar-refractivity contribution in [3.05, 3.63) is 88.7 Å². The number of nitrogens with zero attached hydrogens (tertiary/aromatic N) is 4. The molecule has 0 fully saturated rings. The molecule has 0 radical (unpaired) electrons. The van der Waals surface area contributed by atoms with Crippen molar-refractivity contribution >= 4 is 11.8 Å². The fraction of sp³-hybridized carbons (Fsp3) is 0.290. The summed E-state index contributed by atoms with van der Waals surface area (Å²) in [5.74, 6) is 1.49. The molecule has 0 aliphatic carbocycles. The van der Waals surface area contributed by atoms with Gasteiger partial charge in [0.2, 0.25) is 12.7 Å². The second kappa shape index (κ2) is 11.6. The zero-order valence-electron chi connectivity index (χ0n) is 22.4. The fourth-order valence-electron chi connectivity index (χ4n) is 5.18. The number of aliphatic carboxylic acids is 1. The van der Waals surface area contributed by atoms with E-state index in [4.69, 9.17) is 24.3 Å². The average molecular weight is 552 g/mol. The first-order valence-electron chi connectivity index (χ1n) is 13.6. The van der Waals surface area contributed by atoms with Gasteiger partial charge in [-0.15, -0.1) is 0 Å². The molecule has 0 saturated heterocycles. The maximum Gasteiger partial charge on any atom is 0.303 e. The highest BCUT2D eigenvalue weighted by atomic mass is 16.7. The Kier molecular flexibility index (Phi) is 7.41. The third-order valence-corrected chi connectivity index (χ3v) is 7.27. The van der Waals surface area contributed by atoms with Gasteiger partial charge in [-0.3, -0.25) is 4.79 Å². The summed E-state index contributed by atoms with van der Waals surface area (Å²) in [7, 11) is 0. The molecule has 10 nitrogen and oxygen atoms in total. The molecule has 2 aliphatic rings. The van der Waals surface area contributed by atoms with Crippen molar-refractivity contribution < 1.29 is 24.1 Å². The predicted molar refractivity (Wildman–Crippen MR) is 150 cm³/mol. The standard InChI is InChI=1S/C31H29N5O5/c32-18-20-3-8-26(9-4-20)36-29(39-13-11-24-7-5-21-2-1-12-33-31(21)34-24)17-25(35-36)14-23(16-30(37)38)22-6-10-27-28(15-22)41-19-40-27/h3-10,15,17,23H,1-2,11-14,16,19H2,(H,33,34)(H,37,38).